The van der Waals surface area contributed by atoms with Crippen LogP contribution in [-0.2, 0) is 17.3 Å². The van der Waals surface area contributed by atoms with Crippen LogP contribution >= 0.6 is 0 Å². The Balaban J connectivity index is 0.00000157. The number of rotatable bonds is 12. The number of fused-ring (bicyclic) bond motifs is 2. The first-order valence-electron chi connectivity index (χ1n) is 15.9. The molecule has 11 heteroatoms. The molecule has 0 spiro atoms. The first-order valence-corrected chi connectivity index (χ1v) is 16.3. The van der Waals surface area contributed by atoms with Crippen molar-refractivity contribution in [3.8, 4) is 5.75 Å². The van der Waals surface area contributed by atoms with E-state index in [4.69, 9.17) is 23.8 Å². The van der Waals surface area contributed by atoms with Crippen LogP contribution in [0, 0.1) is 11.8 Å². The summed E-state index contributed by atoms with van der Waals surface area (Å²) < 4.78 is 13.3. The number of para-hydroxylation sites is 1. The molecule has 46 heavy (non-hydrogen) atoms. The highest BCUT2D eigenvalue weighted by molar-refractivity contribution is 7.44. The molecular weight excluding hydrogens is 598 g/mol. The lowest BCUT2D eigenvalue weighted by Crippen LogP contribution is -2.39. The number of hydrogen-bond acceptors (Lipinski definition) is 11. The van der Waals surface area contributed by atoms with E-state index in [2.05, 4.69) is 95.0 Å². The van der Waals surface area contributed by atoms with E-state index in [1.165, 1.54) is 36.8 Å². The van der Waals surface area contributed by atoms with Gasteiger partial charge in [-0.05, 0) is 61.8 Å². The molecule has 3 N–H and O–H groups in total. The van der Waals surface area contributed by atoms with E-state index < -0.39 is 0 Å². The molecule has 1 aliphatic carbocycles. The number of anilines is 3. The zero-order chi connectivity index (χ0) is 31.4. The molecular formula is C35H49N7O3S. The van der Waals surface area contributed by atoms with Crippen molar-refractivity contribution in [2.75, 3.05) is 82.1 Å². The van der Waals surface area contributed by atoms with Crippen LogP contribution < -0.4 is 25.9 Å². The first-order chi connectivity index (χ1) is 22.1. The SMILES string of the molecule is C.CN(C)c1cccc2c(ONCC3CCC(CNc4nc(NCCN5CCOCC5)c5ccccc5n4)CC3)cccc12.O=S. The highest BCUT2D eigenvalue weighted by atomic mass is 32.1. The molecule has 0 bridgehead atoms. The standard InChI is InChI=1S/C34H45N7O2.CH4.OS/c1-40(2)31-11-5-9-28-27(31)8-6-12-32(28)43-37-24-26-15-13-25(14-16-26)23-36-34-38-30-10-4-3-7-29(30)33(39-34)35-17-18-41-19-21-42-22-20-41;;1-2/h3-12,25-26,37H,13-24H2,1-2H3,(H2,35,36,38,39);1H4;. The van der Waals surface area contributed by atoms with Crippen molar-refractivity contribution in [3.05, 3.63) is 60.7 Å². The Kier molecular flexibility index (Phi) is 13.7. The Morgan fingerprint density at radius 2 is 1.52 bits per heavy atom. The van der Waals surface area contributed by atoms with Gasteiger partial charge in [0.15, 0.2) is 18.3 Å². The van der Waals surface area contributed by atoms with Gasteiger partial charge in [-0.15, -0.1) is 0 Å². The van der Waals surface area contributed by atoms with E-state index in [1.807, 2.05) is 18.2 Å². The molecule has 3 aromatic carbocycles. The zero-order valence-electron chi connectivity index (χ0n) is 26.3. The third-order valence-electron chi connectivity index (χ3n) is 8.84. The van der Waals surface area contributed by atoms with Crippen LogP contribution in [0.25, 0.3) is 21.7 Å². The van der Waals surface area contributed by atoms with Gasteiger partial charge in [-0.1, -0.05) is 43.8 Å². The Hall–Kier alpha value is -3.64. The van der Waals surface area contributed by atoms with Crippen LogP contribution in [0.1, 0.15) is 33.1 Å². The minimum Gasteiger partial charge on any atom is -0.408 e. The Morgan fingerprint density at radius 1 is 0.848 bits per heavy atom. The summed E-state index contributed by atoms with van der Waals surface area (Å²) in [6, 6.07) is 20.9. The molecule has 1 aromatic heterocycles. The molecule has 248 valence electrons. The lowest BCUT2D eigenvalue weighted by atomic mass is 9.82. The van der Waals surface area contributed by atoms with Crippen LogP contribution in [0.4, 0.5) is 17.5 Å². The van der Waals surface area contributed by atoms with Crippen molar-refractivity contribution >= 4 is 51.7 Å². The van der Waals surface area contributed by atoms with Gasteiger partial charge < -0.3 is 25.1 Å². The summed E-state index contributed by atoms with van der Waals surface area (Å²) in [6.45, 7) is 7.20. The molecule has 6 rings (SSSR count). The normalized spacial score (nSPS) is 18.2. The van der Waals surface area contributed by atoms with Crippen LogP contribution in [0.15, 0.2) is 60.7 Å². The fourth-order valence-electron chi connectivity index (χ4n) is 6.30. The summed E-state index contributed by atoms with van der Waals surface area (Å²) in [6.07, 6.45) is 4.77. The molecule has 2 heterocycles. The number of nitrogens with one attached hydrogen (secondary N) is 3. The first kappa shape index (κ1) is 35.2. The maximum atomic E-state index is 7.83. The van der Waals surface area contributed by atoms with Gasteiger partial charge in [0.05, 0.1) is 18.7 Å². The molecule has 0 radical (unpaired) electrons. The van der Waals surface area contributed by atoms with Crippen LogP contribution in [0.3, 0.4) is 0 Å². The van der Waals surface area contributed by atoms with Crippen LogP contribution in [0.5, 0.6) is 5.75 Å². The van der Waals surface area contributed by atoms with E-state index in [9.17, 15) is 0 Å². The van der Waals surface area contributed by atoms with Crippen molar-refractivity contribution < 1.29 is 13.8 Å². The van der Waals surface area contributed by atoms with Gasteiger partial charge in [0, 0.05) is 75.2 Å². The Bertz CT molecular complexity index is 1510. The number of morpholine rings is 1. The largest absolute Gasteiger partial charge is 0.408 e. The number of hydrogen-bond donors (Lipinski definition) is 3. The summed E-state index contributed by atoms with van der Waals surface area (Å²) in [7, 11) is 4.15. The van der Waals surface area contributed by atoms with Gasteiger partial charge in [0.1, 0.15) is 5.82 Å². The molecule has 0 unspecified atom stereocenters. The Labute approximate surface area is 278 Å². The monoisotopic (exact) mass is 647 g/mol. The molecule has 2 fully saturated rings. The fourth-order valence-corrected chi connectivity index (χ4v) is 6.30. The zero-order valence-corrected chi connectivity index (χ0v) is 27.2. The van der Waals surface area contributed by atoms with Crippen LogP contribution in [-0.4, -0.2) is 85.7 Å². The second kappa shape index (κ2) is 17.9. The molecule has 0 amide bonds. The summed E-state index contributed by atoms with van der Waals surface area (Å²) in [5.41, 5.74) is 5.44. The van der Waals surface area contributed by atoms with E-state index in [1.54, 1.807) is 0 Å². The van der Waals surface area contributed by atoms with Gasteiger partial charge in [0.25, 0.3) is 0 Å². The fraction of sp³-hybridized carbons (Fsp3) is 0.486. The lowest BCUT2D eigenvalue weighted by molar-refractivity contribution is 0.0398. The van der Waals surface area contributed by atoms with Gasteiger partial charge in [-0.3, -0.25) is 4.90 Å². The molecule has 2 aliphatic rings. The smallest absolute Gasteiger partial charge is 0.225 e. The predicted octanol–water partition coefficient (Wildman–Crippen LogP) is 5.69. The maximum Gasteiger partial charge on any atom is 0.225 e. The van der Waals surface area contributed by atoms with Gasteiger partial charge in [-0.2, -0.15) is 14.7 Å². The summed E-state index contributed by atoms with van der Waals surface area (Å²) in [5, 5.41) is 10.5. The highest BCUT2D eigenvalue weighted by Crippen LogP contribution is 2.32. The topological polar surface area (TPSA) is 104 Å². The third kappa shape index (κ3) is 9.22. The van der Waals surface area contributed by atoms with Crippen molar-refractivity contribution in [1.29, 1.82) is 0 Å². The van der Waals surface area contributed by atoms with Gasteiger partial charge >= 0.3 is 0 Å². The van der Waals surface area contributed by atoms with E-state index in [-0.39, 0.29) is 7.43 Å². The number of nitrogens with zero attached hydrogens (tertiary/aromatic N) is 4. The number of aromatic nitrogens is 2. The molecule has 4 aromatic rings. The average Bonchev–Trinajstić information content (AvgIpc) is 3.09. The predicted molar refractivity (Wildman–Crippen MR) is 191 cm³/mol. The number of hydroxylamine groups is 1. The molecule has 0 atom stereocenters. The van der Waals surface area contributed by atoms with Crippen molar-refractivity contribution in [1.82, 2.24) is 20.3 Å². The van der Waals surface area contributed by atoms with Crippen molar-refractivity contribution in [3.63, 3.8) is 0 Å². The molecule has 1 saturated carbocycles. The second-order valence-corrected chi connectivity index (χ2v) is 12.0. The lowest BCUT2D eigenvalue weighted by Gasteiger charge is -2.28. The van der Waals surface area contributed by atoms with Gasteiger partial charge in [-0.25, -0.2) is 4.98 Å². The summed E-state index contributed by atoms with van der Waals surface area (Å²) in [4.78, 5) is 20.4. The number of benzene rings is 3. The average molecular weight is 648 g/mol. The summed E-state index contributed by atoms with van der Waals surface area (Å²) >= 11 is 2.83. The van der Waals surface area contributed by atoms with Crippen molar-refractivity contribution in [2.45, 2.75) is 33.1 Å². The maximum absolute atomic E-state index is 7.83. The number of ether oxygens (including phenoxy) is 1. The molecule has 10 nitrogen and oxygen atoms in total. The van der Waals surface area contributed by atoms with E-state index >= 15 is 0 Å². The summed E-state index contributed by atoms with van der Waals surface area (Å²) in [5.74, 6) is 3.72. The van der Waals surface area contributed by atoms with E-state index in [0.717, 1.165) is 80.3 Å². The Morgan fingerprint density at radius 3 is 2.28 bits per heavy atom. The van der Waals surface area contributed by atoms with Crippen LogP contribution in [0.2, 0.25) is 0 Å². The quantitative estimate of drug-likeness (QED) is 0.165. The molecule has 1 saturated heterocycles. The minimum atomic E-state index is 0. The molecule has 1 aliphatic heterocycles. The van der Waals surface area contributed by atoms with E-state index in [0.29, 0.717) is 17.8 Å². The van der Waals surface area contributed by atoms with Gasteiger partial charge in [0.2, 0.25) is 5.95 Å². The highest BCUT2D eigenvalue weighted by Gasteiger charge is 2.22. The van der Waals surface area contributed by atoms with Crippen molar-refractivity contribution in [2.24, 2.45) is 11.8 Å². The third-order valence-corrected chi connectivity index (χ3v) is 8.84. The second-order valence-electron chi connectivity index (χ2n) is 12.0. The minimum absolute atomic E-state index is 0.